The summed E-state index contributed by atoms with van der Waals surface area (Å²) < 4.78 is 6.54. The SMILES string of the molecule is O=C(O)c1cc(CSc2nnnn2-c2ccccc2)on1. The first-order valence-corrected chi connectivity index (χ1v) is 6.88. The molecule has 3 aromatic rings. The fourth-order valence-corrected chi connectivity index (χ4v) is 2.38. The molecule has 0 bridgehead atoms. The molecule has 2 aromatic heterocycles. The fraction of sp³-hybridized carbons (Fsp3) is 0.0833. The Morgan fingerprint density at radius 3 is 2.86 bits per heavy atom. The lowest BCUT2D eigenvalue weighted by Gasteiger charge is -2.02. The number of aromatic carboxylic acids is 1. The Bertz CT molecular complexity index is 755. The van der Waals surface area contributed by atoms with Crippen molar-refractivity contribution in [3.05, 3.63) is 47.9 Å². The van der Waals surface area contributed by atoms with Crippen LogP contribution in [0.3, 0.4) is 0 Å². The van der Waals surface area contributed by atoms with Crippen molar-refractivity contribution < 1.29 is 14.4 Å². The number of carboxylic acid groups (broad SMARTS) is 1. The summed E-state index contributed by atoms with van der Waals surface area (Å²) in [5, 5.41) is 24.3. The molecule has 0 radical (unpaired) electrons. The molecule has 3 rings (SSSR count). The predicted molar refractivity (Wildman–Crippen MR) is 72.2 cm³/mol. The van der Waals surface area contributed by atoms with Gasteiger partial charge in [-0.15, -0.1) is 5.10 Å². The van der Waals surface area contributed by atoms with E-state index >= 15 is 0 Å². The van der Waals surface area contributed by atoms with Crippen molar-refractivity contribution in [2.75, 3.05) is 0 Å². The first-order chi connectivity index (χ1) is 10.2. The van der Waals surface area contributed by atoms with Gasteiger partial charge in [0.15, 0.2) is 5.69 Å². The summed E-state index contributed by atoms with van der Waals surface area (Å²) >= 11 is 1.33. The van der Waals surface area contributed by atoms with Crippen molar-refractivity contribution >= 4 is 17.7 Å². The average Bonchev–Trinajstić information content (AvgIpc) is 3.15. The van der Waals surface area contributed by atoms with Gasteiger partial charge in [-0.05, 0) is 22.6 Å². The van der Waals surface area contributed by atoms with Crippen molar-refractivity contribution in [3.63, 3.8) is 0 Å². The van der Waals surface area contributed by atoms with Crippen LogP contribution < -0.4 is 0 Å². The highest BCUT2D eigenvalue weighted by atomic mass is 32.2. The molecule has 0 aliphatic carbocycles. The van der Waals surface area contributed by atoms with E-state index in [1.807, 2.05) is 30.3 Å². The molecule has 0 fully saturated rings. The Hall–Kier alpha value is -2.68. The molecular formula is C12H9N5O3S. The van der Waals surface area contributed by atoms with Gasteiger partial charge < -0.3 is 9.63 Å². The van der Waals surface area contributed by atoms with E-state index in [-0.39, 0.29) is 5.69 Å². The van der Waals surface area contributed by atoms with Crippen LogP contribution in [0, 0.1) is 0 Å². The molecule has 8 nitrogen and oxygen atoms in total. The van der Waals surface area contributed by atoms with Gasteiger partial charge in [-0.25, -0.2) is 4.79 Å². The molecule has 0 aliphatic rings. The van der Waals surface area contributed by atoms with Crippen molar-refractivity contribution in [1.29, 1.82) is 0 Å². The number of carbonyl (C=O) groups is 1. The number of tetrazole rings is 1. The second kappa shape index (κ2) is 5.75. The molecule has 0 saturated heterocycles. The van der Waals surface area contributed by atoms with Gasteiger partial charge >= 0.3 is 5.97 Å². The highest BCUT2D eigenvalue weighted by Crippen LogP contribution is 2.22. The number of rotatable bonds is 5. The lowest BCUT2D eigenvalue weighted by Crippen LogP contribution is -1.98. The topological polar surface area (TPSA) is 107 Å². The number of carboxylic acids is 1. The van der Waals surface area contributed by atoms with Crippen molar-refractivity contribution in [2.24, 2.45) is 0 Å². The second-order valence-corrected chi connectivity index (χ2v) is 4.92. The minimum Gasteiger partial charge on any atom is -0.476 e. The highest BCUT2D eigenvalue weighted by molar-refractivity contribution is 7.98. The van der Waals surface area contributed by atoms with Crippen LogP contribution in [-0.4, -0.2) is 36.4 Å². The summed E-state index contributed by atoms with van der Waals surface area (Å²) in [7, 11) is 0. The van der Waals surface area contributed by atoms with E-state index in [2.05, 4.69) is 20.7 Å². The third kappa shape index (κ3) is 2.92. The molecule has 21 heavy (non-hydrogen) atoms. The van der Waals surface area contributed by atoms with E-state index in [0.717, 1.165) is 5.69 Å². The molecule has 0 unspecified atom stereocenters. The number of aromatic nitrogens is 5. The van der Waals surface area contributed by atoms with E-state index in [4.69, 9.17) is 9.63 Å². The zero-order valence-corrected chi connectivity index (χ0v) is 11.4. The van der Waals surface area contributed by atoms with Crippen LogP contribution in [0.1, 0.15) is 16.2 Å². The van der Waals surface area contributed by atoms with Gasteiger partial charge in [-0.1, -0.05) is 35.1 Å². The molecule has 0 amide bonds. The zero-order valence-electron chi connectivity index (χ0n) is 10.6. The number of para-hydroxylation sites is 1. The smallest absolute Gasteiger partial charge is 0.358 e. The summed E-state index contributed by atoms with van der Waals surface area (Å²) in [6, 6.07) is 10.8. The summed E-state index contributed by atoms with van der Waals surface area (Å²) in [6.07, 6.45) is 0. The van der Waals surface area contributed by atoms with Crippen LogP contribution >= 0.6 is 11.8 Å². The molecule has 0 saturated carbocycles. The monoisotopic (exact) mass is 303 g/mol. The molecule has 0 atom stereocenters. The lowest BCUT2D eigenvalue weighted by molar-refractivity contribution is 0.0685. The highest BCUT2D eigenvalue weighted by Gasteiger charge is 2.13. The van der Waals surface area contributed by atoms with Crippen LogP contribution in [-0.2, 0) is 5.75 Å². The molecule has 106 valence electrons. The molecule has 0 aliphatic heterocycles. The number of hydrogen-bond donors (Lipinski definition) is 1. The van der Waals surface area contributed by atoms with Crippen LogP contribution in [0.4, 0.5) is 0 Å². The maximum atomic E-state index is 10.7. The summed E-state index contributed by atoms with van der Waals surface area (Å²) in [6.45, 7) is 0. The number of nitrogens with zero attached hydrogens (tertiary/aromatic N) is 5. The lowest BCUT2D eigenvalue weighted by atomic mass is 10.3. The Labute approximate surface area is 122 Å². The molecule has 1 aromatic carbocycles. The average molecular weight is 303 g/mol. The van der Waals surface area contributed by atoms with Gasteiger partial charge in [0.05, 0.1) is 11.4 Å². The number of benzene rings is 1. The number of thioether (sulfide) groups is 1. The Balaban J connectivity index is 1.74. The Kier molecular flexibility index (Phi) is 3.65. The first kappa shape index (κ1) is 13.3. The Morgan fingerprint density at radius 2 is 2.14 bits per heavy atom. The maximum absolute atomic E-state index is 10.7. The van der Waals surface area contributed by atoms with Gasteiger partial charge in [0.1, 0.15) is 5.76 Å². The molecule has 2 heterocycles. The first-order valence-electron chi connectivity index (χ1n) is 5.89. The largest absolute Gasteiger partial charge is 0.476 e. The van der Waals surface area contributed by atoms with E-state index in [1.54, 1.807) is 4.68 Å². The van der Waals surface area contributed by atoms with Gasteiger partial charge in [0.25, 0.3) is 0 Å². The minimum absolute atomic E-state index is 0.117. The van der Waals surface area contributed by atoms with Crippen LogP contribution in [0.5, 0.6) is 0 Å². The van der Waals surface area contributed by atoms with Gasteiger partial charge in [-0.2, -0.15) is 4.68 Å². The van der Waals surface area contributed by atoms with Gasteiger partial charge in [0.2, 0.25) is 5.16 Å². The minimum atomic E-state index is -1.12. The molecule has 0 spiro atoms. The fourth-order valence-electron chi connectivity index (χ4n) is 1.62. The molecule has 9 heteroatoms. The summed E-state index contributed by atoms with van der Waals surface area (Å²) in [4.78, 5) is 10.7. The molecule has 1 N–H and O–H groups in total. The Morgan fingerprint density at radius 1 is 1.33 bits per heavy atom. The summed E-state index contributed by atoms with van der Waals surface area (Å²) in [5.74, 6) is -0.294. The predicted octanol–water partition coefficient (Wildman–Crippen LogP) is 1.64. The van der Waals surface area contributed by atoms with E-state index in [0.29, 0.717) is 16.7 Å². The van der Waals surface area contributed by atoms with E-state index in [9.17, 15) is 4.79 Å². The second-order valence-electron chi connectivity index (χ2n) is 3.98. The number of hydrogen-bond acceptors (Lipinski definition) is 7. The van der Waals surface area contributed by atoms with Crippen LogP contribution in [0.2, 0.25) is 0 Å². The van der Waals surface area contributed by atoms with E-state index in [1.165, 1.54) is 17.8 Å². The van der Waals surface area contributed by atoms with Crippen molar-refractivity contribution in [2.45, 2.75) is 10.9 Å². The van der Waals surface area contributed by atoms with Crippen LogP contribution in [0.25, 0.3) is 5.69 Å². The van der Waals surface area contributed by atoms with E-state index < -0.39 is 5.97 Å². The maximum Gasteiger partial charge on any atom is 0.358 e. The van der Waals surface area contributed by atoms with Crippen molar-refractivity contribution in [1.82, 2.24) is 25.4 Å². The quantitative estimate of drug-likeness (QED) is 0.709. The zero-order chi connectivity index (χ0) is 14.7. The third-order valence-electron chi connectivity index (χ3n) is 2.56. The van der Waals surface area contributed by atoms with Gasteiger partial charge in [-0.3, -0.25) is 0 Å². The van der Waals surface area contributed by atoms with Crippen LogP contribution in [0.15, 0.2) is 46.1 Å². The summed E-state index contributed by atoms with van der Waals surface area (Å²) in [5.41, 5.74) is 0.724. The standard InChI is InChI=1S/C12H9N5O3S/c18-11(19)10-6-9(20-14-10)7-21-12-13-15-16-17(12)8-4-2-1-3-5-8/h1-6H,7H2,(H,18,19). The van der Waals surface area contributed by atoms with Gasteiger partial charge in [0, 0.05) is 6.07 Å². The normalized spacial score (nSPS) is 10.7. The van der Waals surface area contributed by atoms with Crippen molar-refractivity contribution in [3.8, 4) is 5.69 Å². The molecular weight excluding hydrogens is 294 g/mol. The third-order valence-corrected chi connectivity index (χ3v) is 3.50.